The summed E-state index contributed by atoms with van der Waals surface area (Å²) >= 11 is 0. The SMILES string of the molecule is CC(C)c1nc(C(C)S(N)(=O)=O)nc(-c2ccc(F)cc2)c1CO. The van der Waals surface area contributed by atoms with Crippen LogP contribution in [0, 0.1) is 5.82 Å². The predicted octanol–water partition coefficient (Wildman–Crippen LogP) is 2.25. The molecule has 1 aromatic heterocycles. The summed E-state index contributed by atoms with van der Waals surface area (Å²) in [6, 6.07) is 5.59. The molecule has 0 saturated heterocycles. The van der Waals surface area contributed by atoms with E-state index in [0.29, 0.717) is 22.5 Å². The lowest BCUT2D eigenvalue weighted by atomic mass is 9.98. The maximum atomic E-state index is 13.2. The van der Waals surface area contributed by atoms with Crippen molar-refractivity contribution >= 4 is 10.0 Å². The molecule has 6 nitrogen and oxygen atoms in total. The summed E-state index contributed by atoms with van der Waals surface area (Å²) in [5, 5.41) is 13.9. The Hall–Kier alpha value is -1.90. The maximum absolute atomic E-state index is 13.2. The van der Waals surface area contributed by atoms with Crippen LogP contribution in [0.1, 0.15) is 49.0 Å². The van der Waals surface area contributed by atoms with E-state index < -0.39 is 21.1 Å². The van der Waals surface area contributed by atoms with Gasteiger partial charge in [-0.05, 0) is 37.1 Å². The van der Waals surface area contributed by atoms with Crippen molar-refractivity contribution in [2.45, 2.75) is 38.5 Å². The Morgan fingerprint density at radius 2 is 1.75 bits per heavy atom. The van der Waals surface area contributed by atoms with Gasteiger partial charge in [-0.3, -0.25) is 0 Å². The Kier molecular flexibility index (Phi) is 5.32. The number of hydrogen-bond donors (Lipinski definition) is 2. The first-order valence-electron chi connectivity index (χ1n) is 7.44. The molecule has 0 amide bonds. The molecular weight excluding hydrogens is 333 g/mol. The summed E-state index contributed by atoms with van der Waals surface area (Å²) in [6.45, 7) is 4.84. The average molecular weight is 353 g/mol. The van der Waals surface area contributed by atoms with Crippen LogP contribution in [-0.4, -0.2) is 23.5 Å². The summed E-state index contributed by atoms with van der Waals surface area (Å²) in [5.74, 6) is -0.418. The molecule has 0 aliphatic heterocycles. The molecule has 8 heteroatoms. The number of primary sulfonamides is 1. The number of aliphatic hydroxyl groups excluding tert-OH is 1. The zero-order valence-corrected chi connectivity index (χ0v) is 14.5. The summed E-state index contributed by atoms with van der Waals surface area (Å²) in [5.41, 5.74) is 1.97. The van der Waals surface area contributed by atoms with Crippen molar-refractivity contribution < 1.29 is 17.9 Å². The minimum atomic E-state index is -3.87. The molecule has 0 aliphatic rings. The molecule has 2 aromatic rings. The molecule has 0 aliphatic carbocycles. The van der Waals surface area contributed by atoms with Gasteiger partial charge in [-0.2, -0.15) is 0 Å². The van der Waals surface area contributed by atoms with Gasteiger partial charge in [0.1, 0.15) is 16.9 Å². The highest BCUT2D eigenvalue weighted by molar-refractivity contribution is 7.89. The van der Waals surface area contributed by atoms with E-state index in [1.165, 1.54) is 31.2 Å². The van der Waals surface area contributed by atoms with Crippen LogP contribution in [0.15, 0.2) is 24.3 Å². The Morgan fingerprint density at radius 1 is 1.17 bits per heavy atom. The number of rotatable bonds is 5. The molecule has 0 spiro atoms. The highest BCUT2D eigenvalue weighted by atomic mass is 32.2. The molecule has 0 fully saturated rings. The Morgan fingerprint density at radius 3 is 2.21 bits per heavy atom. The van der Waals surface area contributed by atoms with Crippen molar-refractivity contribution in [1.29, 1.82) is 0 Å². The van der Waals surface area contributed by atoms with Gasteiger partial charge in [0, 0.05) is 11.1 Å². The van der Waals surface area contributed by atoms with Gasteiger partial charge in [0.15, 0.2) is 0 Å². The van der Waals surface area contributed by atoms with E-state index in [1.807, 2.05) is 13.8 Å². The Labute approximate surface area is 140 Å². The lowest BCUT2D eigenvalue weighted by Crippen LogP contribution is -2.22. The molecule has 1 unspecified atom stereocenters. The molecule has 2 rings (SSSR count). The van der Waals surface area contributed by atoms with E-state index >= 15 is 0 Å². The fourth-order valence-corrected chi connectivity index (χ4v) is 2.73. The number of sulfonamides is 1. The molecule has 1 atom stereocenters. The standard InChI is InChI=1S/C16H20FN3O3S/c1-9(2)14-13(8-21)15(11-4-6-12(17)7-5-11)20-16(19-14)10(3)24(18,22)23/h4-7,9-10,21H,8H2,1-3H3,(H2,18,22,23). The number of benzene rings is 1. The third kappa shape index (κ3) is 3.77. The molecule has 0 saturated carbocycles. The van der Waals surface area contributed by atoms with Crippen molar-refractivity contribution in [3.05, 3.63) is 47.2 Å². The lowest BCUT2D eigenvalue weighted by Gasteiger charge is -2.18. The molecule has 0 bridgehead atoms. The first kappa shape index (κ1) is 18.4. The van der Waals surface area contributed by atoms with Crippen LogP contribution in [-0.2, 0) is 16.6 Å². The first-order chi connectivity index (χ1) is 11.1. The Balaban J connectivity index is 2.76. The topological polar surface area (TPSA) is 106 Å². The molecular formula is C16H20FN3O3S. The second-order valence-corrected chi connectivity index (χ2v) is 7.73. The third-order valence-corrected chi connectivity index (χ3v) is 4.93. The quantitative estimate of drug-likeness (QED) is 0.857. The van der Waals surface area contributed by atoms with Crippen molar-refractivity contribution in [1.82, 2.24) is 9.97 Å². The zero-order chi connectivity index (χ0) is 18.1. The number of nitrogens with zero attached hydrogens (tertiary/aromatic N) is 2. The van der Waals surface area contributed by atoms with Gasteiger partial charge in [0.2, 0.25) is 10.0 Å². The average Bonchev–Trinajstić information content (AvgIpc) is 2.52. The van der Waals surface area contributed by atoms with Gasteiger partial charge in [-0.1, -0.05) is 13.8 Å². The van der Waals surface area contributed by atoms with E-state index in [-0.39, 0.29) is 18.3 Å². The molecule has 0 radical (unpaired) electrons. The predicted molar refractivity (Wildman–Crippen MR) is 89.0 cm³/mol. The number of hydrogen-bond acceptors (Lipinski definition) is 5. The van der Waals surface area contributed by atoms with E-state index in [0.717, 1.165) is 0 Å². The van der Waals surface area contributed by atoms with Crippen LogP contribution < -0.4 is 5.14 Å². The molecule has 24 heavy (non-hydrogen) atoms. The summed E-state index contributed by atoms with van der Waals surface area (Å²) in [7, 11) is -3.87. The van der Waals surface area contributed by atoms with Gasteiger partial charge in [-0.15, -0.1) is 0 Å². The second-order valence-electron chi connectivity index (χ2n) is 5.85. The number of aliphatic hydroxyl groups is 1. The molecule has 1 heterocycles. The fourth-order valence-electron chi connectivity index (χ4n) is 2.33. The van der Waals surface area contributed by atoms with Crippen molar-refractivity contribution in [2.75, 3.05) is 0 Å². The van der Waals surface area contributed by atoms with Crippen LogP contribution in [0.2, 0.25) is 0 Å². The number of aromatic nitrogens is 2. The van der Waals surface area contributed by atoms with Gasteiger partial charge >= 0.3 is 0 Å². The fraction of sp³-hybridized carbons (Fsp3) is 0.375. The Bertz CT molecular complexity index is 836. The largest absolute Gasteiger partial charge is 0.392 e. The van der Waals surface area contributed by atoms with E-state index in [2.05, 4.69) is 9.97 Å². The van der Waals surface area contributed by atoms with E-state index in [9.17, 15) is 17.9 Å². The number of halogens is 1. The summed E-state index contributed by atoms with van der Waals surface area (Å²) < 4.78 is 36.5. The number of nitrogens with two attached hydrogens (primary N) is 1. The van der Waals surface area contributed by atoms with Crippen molar-refractivity contribution in [2.24, 2.45) is 5.14 Å². The van der Waals surface area contributed by atoms with Crippen LogP contribution in [0.5, 0.6) is 0 Å². The monoisotopic (exact) mass is 353 g/mol. The van der Waals surface area contributed by atoms with Crippen molar-refractivity contribution in [3.63, 3.8) is 0 Å². The third-order valence-electron chi connectivity index (χ3n) is 3.74. The molecule has 130 valence electrons. The lowest BCUT2D eigenvalue weighted by molar-refractivity contribution is 0.279. The van der Waals surface area contributed by atoms with E-state index in [4.69, 9.17) is 5.14 Å². The normalized spacial score (nSPS) is 13.3. The smallest absolute Gasteiger partial charge is 0.219 e. The van der Waals surface area contributed by atoms with E-state index in [1.54, 1.807) is 0 Å². The molecule has 1 aromatic carbocycles. The summed E-state index contributed by atoms with van der Waals surface area (Å²) in [6.07, 6.45) is 0. The minimum Gasteiger partial charge on any atom is -0.392 e. The van der Waals surface area contributed by atoms with Gasteiger partial charge < -0.3 is 5.11 Å². The van der Waals surface area contributed by atoms with Gasteiger partial charge in [0.05, 0.1) is 18.0 Å². The summed E-state index contributed by atoms with van der Waals surface area (Å²) in [4.78, 5) is 8.61. The minimum absolute atomic E-state index is 0.0534. The van der Waals surface area contributed by atoms with Crippen LogP contribution in [0.4, 0.5) is 4.39 Å². The highest BCUT2D eigenvalue weighted by Crippen LogP contribution is 2.30. The van der Waals surface area contributed by atoms with Crippen LogP contribution in [0.3, 0.4) is 0 Å². The van der Waals surface area contributed by atoms with Crippen molar-refractivity contribution in [3.8, 4) is 11.3 Å². The van der Waals surface area contributed by atoms with Gasteiger partial charge in [0.25, 0.3) is 0 Å². The molecule has 3 N–H and O–H groups in total. The maximum Gasteiger partial charge on any atom is 0.219 e. The van der Waals surface area contributed by atoms with Crippen LogP contribution in [0.25, 0.3) is 11.3 Å². The highest BCUT2D eigenvalue weighted by Gasteiger charge is 2.25. The first-order valence-corrected chi connectivity index (χ1v) is 9.05. The van der Waals surface area contributed by atoms with Crippen LogP contribution >= 0.6 is 0 Å². The zero-order valence-electron chi connectivity index (χ0n) is 13.7. The van der Waals surface area contributed by atoms with Gasteiger partial charge in [-0.25, -0.2) is 27.9 Å². The second kappa shape index (κ2) is 6.92.